The number of nitrogens with one attached hydrogen (secondary N) is 1. The molecule has 1 aliphatic heterocycles. The zero-order valence-corrected chi connectivity index (χ0v) is 16.2. The molecule has 7 nitrogen and oxygen atoms in total. The number of nitrogens with zero attached hydrogens (tertiary/aromatic N) is 2. The number of hydrogen-bond donors (Lipinski definition) is 1. The monoisotopic (exact) mass is 413 g/mol. The number of amides is 1. The number of hydrogen-bond acceptors (Lipinski definition) is 7. The number of fused-ring (bicyclic) bond motifs is 1. The van der Waals surface area contributed by atoms with Crippen molar-refractivity contribution in [1.29, 1.82) is 0 Å². The lowest BCUT2D eigenvalue weighted by atomic mass is 10.1. The van der Waals surface area contributed by atoms with Crippen LogP contribution in [0.15, 0.2) is 52.7 Å². The second-order valence-electron chi connectivity index (χ2n) is 6.05. The molecule has 142 valence electrons. The second-order valence-corrected chi connectivity index (χ2v) is 7.95. The lowest BCUT2D eigenvalue weighted by Crippen LogP contribution is -2.13. The Morgan fingerprint density at radius 2 is 2.11 bits per heavy atom. The molecule has 0 spiro atoms. The van der Waals surface area contributed by atoms with Crippen LogP contribution in [0.1, 0.15) is 5.56 Å². The predicted molar refractivity (Wildman–Crippen MR) is 109 cm³/mol. The first-order valence-electron chi connectivity index (χ1n) is 8.47. The van der Waals surface area contributed by atoms with E-state index < -0.39 is 4.92 Å². The number of non-ortho nitro benzene ring substituents is 1. The molecule has 0 bridgehead atoms. The first-order valence-corrected chi connectivity index (χ1v) is 10.3. The van der Waals surface area contributed by atoms with Crippen molar-refractivity contribution in [1.82, 2.24) is 4.98 Å². The first kappa shape index (κ1) is 18.5. The van der Waals surface area contributed by atoms with Crippen molar-refractivity contribution < 1.29 is 14.5 Å². The highest BCUT2D eigenvalue weighted by Gasteiger charge is 2.14. The largest absolute Gasteiger partial charge is 0.493 e. The maximum Gasteiger partial charge on any atom is 0.269 e. The van der Waals surface area contributed by atoms with E-state index in [1.54, 1.807) is 12.1 Å². The molecule has 0 unspecified atom stereocenters. The summed E-state index contributed by atoms with van der Waals surface area (Å²) >= 11 is 2.69. The Morgan fingerprint density at radius 3 is 2.89 bits per heavy atom. The fourth-order valence-electron chi connectivity index (χ4n) is 2.78. The van der Waals surface area contributed by atoms with Crippen LogP contribution >= 0.6 is 23.1 Å². The number of nitro groups is 1. The number of thiazole rings is 1. The minimum Gasteiger partial charge on any atom is -0.493 e. The molecule has 4 rings (SSSR count). The van der Waals surface area contributed by atoms with Crippen molar-refractivity contribution in [3.8, 4) is 17.0 Å². The molecule has 1 aromatic heterocycles. The Bertz CT molecular complexity index is 1030. The SMILES string of the molecule is O=C(CSc1ccc([N+](=O)[O-])cc1)Nc1nc(-c2ccc3c(c2)CCO3)cs1. The van der Waals surface area contributed by atoms with Gasteiger partial charge in [-0.05, 0) is 35.9 Å². The van der Waals surface area contributed by atoms with E-state index in [1.165, 1.54) is 40.8 Å². The van der Waals surface area contributed by atoms with Crippen LogP contribution in [-0.4, -0.2) is 28.2 Å². The summed E-state index contributed by atoms with van der Waals surface area (Å²) in [6.45, 7) is 0.712. The van der Waals surface area contributed by atoms with E-state index in [4.69, 9.17) is 4.74 Å². The number of ether oxygens (including phenoxy) is 1. The van der Waals surface area contributed by atoms with Crippen LogP contribution in [0.2, 0.25) is 0 Å². The van der Waals surface area contributed by atoms with Crippen LogP contribution in [0.5, 0.6) is 5.75 Å². The molecule has 0 atom stereocenters. The molecular weight excluding hydrogens is 398 g/mol. The van der Waals surface area contributed by atoms with Crippen molar-refractivity contribution in [3.63, 3.8) is 0 Å². The van der Waals surface area contributed by atoms with Gasteiger partial charge >= 0.3 is 0 Å². The number of aromatic nitrogens is 1. The predicted octanol–water partition coefficient (Wildman–Crippen LogP) is 4.38. The van der Waals surface area contributed by atoms with E-state index in [-0.39, 0.29) is 17.3 Å². The molecule has 0 saturated heterocycles. The van der Waals surface area contributed by atoms with Crippen LogP contribution in [0.25, 0.3) is 11.3 Å². The Balaban J connectivity index is 1.34. The molecule has 0 radical (unpaired) electrons. The van der Waals surface area contributed by atoms with Crippen LogP contribution < -0.4 is 10.1 Å². The van der Waals surface area contributed by atoms with Gasteiger partial charge in [-0.3, -0.25) is 14.9 Å². The molecule has 9 heteroatoms. The zero-order chi connectivity index (χ0) is 19.5. The van der Waals surface area contributed by atoms with Crippen LogP contribution in [0.3, 0.4) is 0 Å². The van der Waals surface area contributed by atoms with Crippen LogP contribution in [0, 0.1) is 10.1 Å². The molecule has 0 saturated carbocycles. The van der Waals surface area contributed by atoms with Gasteiger partial charge < -0.3 is 10.1 Å². The Hall–Kier alpha value is -2.91. The number of rotatable bonds is 6. The Morgan fingerprint density at radius 1 is 1.29 bits per heavy atom. The minimum atomic E-state index is -0.449. The normalized spacial score (nSPS) is 12.3. The van der Waals surface area contributed by atoms with Gasteiger partial charge in [-0.25, -0.2) is 4.98 Å². The lowest BCUT2D eigenvalue weighted by molar-refractivity contribution is -0.384. The average molecular weight is 413 g/mol. The highest BCUT2D eigenvalue weighted by molar-refractivity contribution is 8.00. The number of thioether (sulfide) groups is 1. The Labute approximate surface area is 168 Å². The van der Waals surface area contributed by atoms with E-state index in [0.29, 0.717) is 11.7 Å². The molecular formula is C19H15N3O4S2. The van der Waals surface area contributed by atoms with E-state index in [0.717, 1.165) is 28.3 Å². The standard InChI is InChI=1S/C19H15N3O4S2/c23-18(11-27-15-4-2-14(3-5-15)22(24)25)21-19-20-16(10-28-19)12-1-6-17-13(9-12)7-8-26-17/h1-6,9-10H,7-8,11H2,(H,20,21,23). The van der Waals surface area contributed by atoms with Gasteiger partial charge in [0.05, 0.1) is 23.0 Å². The molecule has 2 heterocycles. The van der Waals surface area contributed by atoms with E-state index in [1.807, 2.05) is 17.5 Å². The smallest absolute Gasteiger partial charge is 0.269 e. The van der Waals surface area contributed by atoms with Gasteiger partial charge in [-0.1, -0.05) is 0 Å². The summed E-state index contributed by atoms with van der Waals surface area (Å²) in [4.78, 5) is 27.7. The number of carbonyl (C=O) groups excluding carboxylic acids is 1. The average Bonchev–Trinajstić information content (AvgIpc) is 3.35. The quantitative estimate of drug-likeness (QED) is 0.366. The summed E-state index contributed by atoms with van der Waals surface area (Å²) in [5.41, 5.74) is 3.03. The lowest BCUT2D eigenvalue weighted by Gasteiger charge is -2.03. The van der Waals surface area contributed by atoms with E-state index >= 15 is 0 Å². The summed E-state index contributed by atoms with van der Waals surface area (Å²) in [7, 11) is 0. The summed E-state index contributed by atoms with van der Waals surface area (Å²) < 4.78 is 5.52. The number of nitro benzene ring substituents is 1. The number of benzene rings is 2. The maximum atomic E-state index is 12.2. The third-order valence-corrected chi connectivity index (χ3v) is 5.92. The molecule has 2 aromatic carbocycles. The van der Waals surface area contributed by atoms with Gasteiger partial charge in [0.2, 0.25) is 5.91 Å². The van der Waals surface area contributed by atoms with Gasteiger partial charge in [0.25, 0.3) is 5.69 Å². The molecule has 3 aromatic rings. The molecule has 28 heavy (non-hydrogen) atoms. The number of carbonyl (C=O) groups is 1. The maximum absolute atomic E-state index is 12.2. The van der Waals surface area contributed by atoms with E-state index in [2.05, 4.69) is 16.4 Å². The third kappa shape index (κ3) is 4.15. The van der Waals surface area contributed by atoms with E-state index in [9.17, 15) is 14.9 Å². The van der Waals surface area contributed by atoms with Crippen molar-refractivity contribution in [2.24, 2.45) is 0 Å². The van der Waals surface area contributed by atoms with Crippen molar-refractivity contribution in [3.05, 3.63) is 63.5 Å². The summed E-state index contributed by atoms with van der Waals surface area (Å²) in [5, 5.41) is 15.9. The van der Waals surface area contributed by atoms with Crippen molar-refractivity contribution in [2.45, 2.75) is 11.3 Å². The topological polar surface area (TPSA) is 94.4 Å². The summed E-state index contributed by atoms with van der Waals surface area (Å²) in [6.07, 6.45) is 0.900. The van der Waals surface area contributed by atoms with Gasteiger partial charge in [0.1, 0.15) is 5.75 Å². The third-order valence-electron chi connectivity index (χ3n) is 4.15. The zero-order valence-electron chi connectivity index (χ0n) is 14.6. The Kier molecular flexibility index (Phi) is 5.27. The van der Waals surface area contributed by atoms with Crippen molar-refractivity contribution in [2.75, 3.05) is 17.7 Å². The van der Waals surface area contributed by atoms with Crippen LogP contribution in [0.4, 0.5) is 10.8 Å². The molecule has 0 aliphatic carbocycles. The van der Waals surface area contributed by atoms with Crippen molar-refractivity contribution >= 4 is 39.8 Å². The molecule has 0 fully saturated rings. The first-order chi connectivity index (χ1) is 13.6. The molecule has 1 N–H and O–H groups in total. The fraction of sp³-hybridized carbons (Fsp3) is 0.158. The van der Waals surface area contributed by atoms with Gasteiger partial charge in [-0.2, -0.15) is 0 Å². The van der Waals surface area contributed by atoms with Gasteiger partial charge in [-0.15, -0.1) is 23.1 Å². The fourth-order valence-corrected chi connectivity index (χ4v) is 4.21. The second kappa shape index (κ2) is 7.99. The molecule has 1 aliphatic rings. The molecule has 1 amide bonds. The number of anilines is 1. The minimum absolute atomic E-state index is 0.0298. The summed E-state index contributed by atoms with van der Waals surface area (Å²) in [5.74, 6) is 0.950. The van der Waals surface area contributed by atoms with Crippen LogP contribution in [-0.2, 0) is 11.2 Å². The van der Waals surface area contributed by atoms with Gasteiger partial charge in [0, 0.05) is 34.4 Å². The highest BCUT2D eigenvalue weighted by Crippen LogP contribution is 2.32. The van der Waals surface area contributed by atoms with Gasteiger partial charge in [0.15, 0.2) is 5.13 Å². The summed E-state index contributed by atoms with van der Waals surface area (Å²) in [6, 6.07) is 12.1. The highest BCUT2D eigenvalue weighted by atomic mass is 32.2.